The second-order valence-corrected chi connectivity index (χ2v) is 8.26. The van der Waals surface area contributed by atoms with Crippen LogP contribution in [0.15, 0.2) is 71.8 Å². The number of benzene rings is 3. The molecule has 0 bridgehead atoms. The van der Waals surface area contributed by atoms with Crippen LogP contribution in [0.3, 0.4) is 0 Å². The largest absolute Gasteiger partial charge is 0.355 e. The lowest BCUT2D eigenvalue weighted by Gasteiger charge is -2.13. The number of hydrogen-bond donors (Lipinski definition) is 3. The van der Waals surface area contributed by atoms with E-state index < -0.39 is 17.8 Å². The predicted octanol–water partition coefficient (Wildman–Crippen LogP) is 4.91. The van der Waals surface area contributed by atoms with Crippen LogP contribution in [0.25, 0.3) is 22.2 Å². The SMILES string of the molecule is Cc1ccc(NC(=O)c2[nH]c(F)nc2-c2ccc(F)cc2)cc1Nc1ccc2ncn(C)c(=O)c2c1. The average molecular weight is 486 g/mol. The Hall–Kier alpha value is -4.86. The lowest BCUT2D eigenvalue weighted by molar-refractivity contribution is 0.102. The van der Waals surface area contributed by atoms with Crippen LogP contribution in [-0.4, -0.2) is 25.4 Å². The summed E-state index contributed by atoms with van der Waals surface area (Å²) in [5.41, 5.74) is 3.52. The maximum atomic E-state index is 13.9. The monoisotopic (exact) mass is 486 g/mol. The summed E-state index contributed by atoms with van der Waals surface area (Å²) >= 11 is 0. The van der Waals surface area contributed by atoms with Gasteiger partial charge in [-0.3, -0.25) is 9.59 Å². The first kappa shape index (κ1) is 22.9. The van der Waals surface area contributed by atoms with Gasteiger partial charge in [0.05, 0.1) is 17.2 Å². The molecule has 2 aromatic heterocycles. The molecule has 0 aliphatic heterocycles. The minimum Gasteiger partial charge on any atom is -0.355 e. The zero-order valence-corrected chi connectivity index (χ0v) is 19.3. The van der Waals surface area contributed by atoms with Crippen LogP contribution in [0.1, 0.15) is 16.1 Å². The second-order valence-electron chi connectivity index (χ2n) is 8.26. The Morgan fingerprint density at radius 2 is 1.75 bits per heavy atom. The van der Waals surface area contributed by atoms with E-state index in [1.807, 2.05) is 19.1 Å². The summed E-state index contributed by atoms with van der Waals surface area (Å²) in [7, 11) is 1.64. The first-order valence-electron chi connectivity index (χ1n) is 10.9. The zero-order chi connectivity index (χ0) is 25.4. The van der Waals surface area contributed by atoms with Crippen LogP contribution in [0, 0.1) is 18.8 Å². The third-order valence-corrected chi connectivity index (χ3v) is 5.71. The minimum atomic E-state index is -0.928. The first-order valence-corrected chi connectivity index (χ1v) is 10.9. The fourth-order valence-electron chi connectivity index (χ4n) is 3.80. The molecule has 36 heavy (non-hydrogen) atoms. The Morgan fingerprint density at radius 3 is 2.53 bits per heavy atom. The molecule has 0 saturated carbocycles. The van der Waals surface area contributed by atoms with Crippen molar-refractivity contribution in [2.24, 2.45) is 7.05 Å². The van der Waals surface area contributed by atoms with E-state index >= 15 is 0 Å². The number of fused-ring (bicyclic) bond motifs is 1. The average Bonchev–Trinajstić information content (AvgIpc) is 3.26. The molecule has 0 atom stereocenters. The highest BCUT2D eigenvalue weighted by molar-refractivity contribution is 6.07. The van der Waals surface area contributed by atoms with Gasteiger partial charge in [0, 0.05) is 29.7 Å². The van der Waals surface area contributed by atoms with E-state index in [-0.39, 0.29) is 16.9 Å². The normalized spacial score (nSPS) is 11.0. The Balaban J connectivity index is 1.42. The quantitative estimate of drug-likeness (QED) is 0.328. The van der Waals surface area contributed by atoms with E-state index in [1.165, 1.54) is 35.2 Å². The third kappa shape index (κ3) is 4.43. The van der Waals surface area contributed by atoms with Crippen LogP contribution in [0.4, 0.5) is 25.8 Å². The van der Waals surface area contributed by atoms with E-state index in [2.05, 4.69) is 25.6 Å². The van der Waals surface area contributed by atoms with Gasteiger partial charge in [-0.25, -0.2) is 14.4 Å². The lowest BCUT2D eigenvalue weighted by atomic mass is 10.1. The molecule has 0 aliphatic rings. The Kier molecular flexibility index (Phi) is 5.77. The number of aromatic nitrogens is 4. The molecule has 0 fully saturated rings. The molecule has 0 saturated heterocycles. The van der Waals surface area contributed by atoms with E-state index in [9.17, 15) is 18.4 Å². The third-order valence-electron chi connectivity index (χ3n) is 5.71. The van der Waals surface area contributed by atoms with Gasteiger partial charge in [-0.2, -0.15) is 4.39 Å². The van der Waals surface area contributed by atoms with Crippen molar-refractivity contribution in [2.75, 3.05) is 10.6 Å². The molecular formula is C26H20F2N6O2. The van der Waals surface area contributed by atoms with Crippen molar-refractivity contribution in [3.05, 3.63) is 100 Å². The van der Waals surface area contributed by atoms with Crippen molar-refractivity contribution in [2.45, 2.75) is 6.92 Å². The summed E-state index contributed by atoms with van der Waals surface area (Å²) in [6.45, 7) is 1.90. The fraction of sp³-hybridized carbons (Fsp3) is 0.0769. The molecule has 8 nitrogen and oxygen atoms in total. The molecule has 10 heteroatoms. The maximum Gasteiger partial charge on any atom is 0.287 e. The summed E-state index contributed by atoms with van der Waals surface area (Å²) in [4.78, 5) is 35.8. The number of hydrogen-bond acceptors (Lipinski definition) is 5. The number of nitrogens with zero attached hydrogens (tertiary/aromatic N) is 3. The van der Waals surface area contributed by atoms with Crippen molar-refractivity contribution >= 4 is 33.9 Å². The molecule has 0 aliphatic carbocycles. The van der Waals surface area contributed by atoms with Crippen molar-refractivity contribution in [1.82, 2.24) is 19.5 Å². The van der Waals surface area contributed by atoms with Gasteiger partial charge in [-0.05, 0) is 67.1 Å². The smallest absolute Gasteiger partial charge is 0.287 e. The number of anilines is 3. The van der Waals surface area contributed by atoms with Crippen molar-refractivity contribution in [1.29, 1.82) is 0 Å². The standard InChI is InChI=1S/C26H20F2N6O2/c1-14-3-8-18(12-21(14)30-17-9-10-20-19(11-17)25(36)34(2)13-29-20)31-24(35)23-22(32-26(28)33-23)15-4-6-16(27)7-5-15/h3-13,30H,1-2H3,(H,31,35)(H,32,33). The number of aromatic amines is 1. The number of carbonyl (C=O) groups excluding carboxylic acids is 1. The minimum absolute atomic E-state index is 0.0711. The Morgan fingerprint density at radius 1 is 1.00 bits per heavy atom. The van der Waals surface area contributed by atoms with Crippen molar-refractivity contribution in [3.63, 3.8) is 0 Å². The summed E-state index contributed by atoms with van der Waals surface area (Å²) in [6.07, 6.45) is 0.545. The predicted molar refractivity (Wildman–Crippen MR) is 133 cm³/mol. The number of H-pyrrole nitrogens is 1. The number of aryl methyl sites for hydroxylation is 2. The van der Waals surface area contributed by atoms with E-state index in [0.29, 0.717) is 33.5 Å². The highest BCUT2D eigenvalue weighted by Gasteiger charge is 2.19. The molecule has 3 aromatic carbocycles. The van der Waals surface area contributed by atoms with Gasteiger partial charge < -0.3 is 20.2 Å². The molecule has 2 heterocycles. The van der Waals surface area contributed by atoms with Crippen LogP contribution in [0.5, 0.6) is 0 Å². The molecule has 180 valence electrons. The van der Waals surface area contributed by atoms with Gasteiger partial charge in [0.25, 0.3) is 17.5 Å². The van der Waals surface area contributed by atoms with Gasteiger partial charge in [-0.15, -0.1) is 0 Å². The number of rotatable bonds is 5. The number of halogens is 2. The van der Waals surface area contributed by atoms with Gasteiger partial charge in [0.1, 0.15) is 17.2 Å². The van der Waals surface area contributed by atoms with E-state index in [0.717, 1.165) is 5.56 Å². The molecule has 1 amide bonds. The van der Waals surface area contributed by atoms with Crippen LogP contribution < -0.4 is 16.2 Å². The number of imidazole rings is 1. The summed E-state index contributed by atoms with van der Waals surface area (Å²) < 4.78 is 28.6. The molecule has 0 unspecified atom stereocenters. The topological polar surface area (TPSA) is 105 Å². The highest BCUT2D eigenvalue weighted by atomic mass is 19.1. The number of carbonyl (C=O) groups is 1. The maximum absolute atomic E-state index is 13.9. The first-order chi connectivity index (χ1) is 17.3. The van der Waals surface area contributed by atoms with Crippen molar-refractivity contribution in [3.8, 4) is 11.3 Å². The molecule has 0 radical (unpaired) electrons. The fourth-order valence-corrected chi connectivity index (χ4v) is 3.80. The number of nitrogens with one attached hydrogen (secondary N) is 3. The van der Waals surface area contributed by atoms with Gasteiger partial charge in [-0.1, -0.05) is 6.07 Å². The van der Waals surface area contributed by atoms with Crippen LogP contribution in [0.2, 0.25) is 0 Å². The Bertz CT molecular complexity index is 1670. The Labute approximate surface area is 203 Å². The zero-order valence-electron chi connectivity index (χ0n) is 19.3. The molecular weight excluding hydrogens is 466 g/mol. The number of amides is 1. The second kappa shape index (κ2) is 9.06. The molecule has 5 rings (SSSR count). The molecule has 3 N–H and O–H groups in total. The van der Waals surface area contributed by atoms with Gasteiger partial charge in [0.15, 0.2) is 0 Å². The van der Waals surface area contributed by atoms with E-state index in [4.69, 9.17) is 0 Å². The lowest BCUT2D eigenvalue weighted by Crippen LogP contribution is -2.16. The molecule has 5 aromatic rings. The van der Waals surface area contributed by atoms with Crippen molar-refractivity contribution < 1.29 is 13.6 Å². The highest BCUT2D eigenvalue weighted by Crippen LogP contribution is 2.27. The van der Waals surface area contributed by atoms with Crippen LogP contribution in [-0.2, 0) is 7.05 Å². The molecule has 0 spiro atoms. The van der Waals surface area contributed by atoms with Gasteiger partial charge >= 0.3 is 0 Å². The van der Waals surface area contributed by atoms with Crippen LogP contribution >= 0.6 is 0 Å². The van der Waals surface area contributed by atoms with E-state index in [1.54, 1.807) is 31.3 Å². The van der Waals surface area contributed by atoms with Gasteiger partial charge in [0.2, 0.25) is 0 Å². The summed E-state index contributed by atoms with van der Waals surface area (Å²) in [5, 5.41) is 6.48. The summed E-state index contributed by atoms with van der Waals surface area (Å²) in [5.74, 6) is -1.07. The summed E-state index contributed by atoms with van der Waals surface area (Å²) in [6, 6.07) is 15.8.